The Bertz CT molecular complexity index is 853. The molecule has 2 aliphatic rings. The second-order valence-electron chi connectivity index (χ2n) is 7.65. The molecule has 4 rings (SSSR count). The quantitative estimate of drug-likeness (QED) is 0.810. The van der Waals surface area contributed by atoms with Gasteiger partial charge in [-0.1, -0.05) is 19.1 Å². The number of anilines is 1. The molecule has 0 spiro atoms. The van der Waals surface area contributed by atoms with E-state index in [2.05, 4.69) is 55.1 Å². The molecule has 2 heterocycles. The summed E-state index contributed by atoms with van der Waals surface area (Å²) >= 11 is 0. The summed E-state index contributed by atoms with van der Waals surface area (Å²) in [5.74, 6) is 2.01. The van der Waals surface area contributed by atoms with Crippen molar-refractivity contribution in [3.63, 3.8) is 0 Å². The monoisotopic (exact) mass is 364 g/mol. The highest BCUT2D eigenvalue weighted by Crippen LogP contribution is 2.35. The van der Waals surface area contributed by atoms with Crippen molar-refractivity contribution >= 4 is 11.4 Å². The maximum Gasteiger partial charge on any atom is 0.161 e. The molecule has 0 aromatic heterocycles. The van der Waals surface area contributed by atoms with Crippen LogP contribution in [0.4, 0.5) is 5.69 Å². The predicted octanol–water partition coefficient (Wildman–Crippen LogP) is 4.33. The lowest BCUT2D eigenvalue weighted by molar-refractivity contribution is 0.354. The Hall–Kier alpha value is -2.49. The minimum atomic E-state index is 0.263. The van der Waals surface area contributed by atoms with Crippen LogP contribution in [-0.4, -0.2) is 39.1 Å². The van der Waals surface area contributed by atoms with E-state index in [-0.39, 0.29) is 6.04 Å². The zero-order chi connectivity index (χ0) is 19.0. The van der Waals surface area contributed by atoms with Crippen LogP contribution in [0, 0.1) is 5.92 Å². The molecular formula is C23H28N2O2. The van der Waals surface area contributed by atoms with Crippen molar-refractivity contribution in [1.29, 1.82) is 0 Å². The van der Waals surface area contributed by atoms with Gasteiger partial charge in [-0.3, -0.25) is 4.99 Å². The van der Waals surface area contributed by atoms with Crippen molar-refractivity contribution < 1.29 is 9.47 Å². The summed E-state index contributed by atoms with van der Waals surface area (Å²) in [5.41, 5.74) is 5.94. The van der Waals surface area contributed by atoms with Gasteiger partial charge in [0, 0.05) is 29.9 Å². The third-order valence-corrected chi connectivity index (χ3v) is 5.92. The molecule has 0 amide bonds. The number of nitrogens with zero attached hydrogens (tertiary/aromatic N) is 2. The first-order valence-corrected chi connectivity index (χ1v) is 9.79. The summed E-state index contributed by atoms with van der Waals surface area (Å²) in [6.07, 6.45) is 2.27. The van der Waals surface area contributed by atoms with Crippen LogP contribution in [0.15, 0.2) is 41.4 Å². The van der Waals surface area contributed by atoms with Crippen molar-refractivity contribution in [2.24, 2.45) is 10.9 Å². The van der Waals surface area contributed by atoms with Gasteiger partial charge in [0.25, 0.3) is 0 Å². The summed E-state index contributed by atoms with van der Waals surface area (Å²) in [6.45, 7) is 6.80. The minimum Gasteiger partial charge on any atom is -0.493 e. The second kappa shape index (κ2) is 7.26. The lowest BCUT2D eigenvalue weighted by Crippen LogP contribution is -2.36. The molecule has 0 aliphatic carbocycles. The van der Waals surface area contributed by atoms with Crippen LogP contribution in [0.1, 0.15) is 37.0 Å². The summed E-state index contributed by atoms with van der Waals surface area (Å²) in [4.78, 5) is 7.52. The first kappa shape index (κ1) is 17.9. The summed E-state index contributed by atoms with van der Waals surface area (Å²) < 4.78 is 11.1. The van der Waals surface area contributed by atoms with Crippen molar-refractivity contribution in [2.75, 3.05) is 32.2 Å². The third kappa shape index (κ3) is 3.29. The Labute approximate surface area is 161 Å². The fourth-order valence-corrected chi connectivity index (χ4v) is 3.86. The van der Waals surface area contributed by atoms with E-state index in [1.807, 2.05) is 0 Å². The maximum absolute atomic E-state index is 5.57. The molecule has 1 unspecified atom stereocenters. The van der Waals surface area contributed by atoms with Gasteiger partial charge in [0.1, 0.15) is 0 Å². The van der Waals surface area contributed by atoms with Gasteiger partial charge in [-0.15, -0.1) is 0 Å². The van der Waals surface area contributed by atoms with Gasteiger partial charge >= 0.3 is 0 Å². The van der Waals surface area contributed by atoms with Crippen LogP contribution in [0.25, 0.3) is 0 Å². The van der Waals surface area contributed by atoms with Crippen molar-refractivity contribution in [3.8, 4) is 11.5 Å². The van der Waals surface area contributed by atoms with Gasteiger partial charge in [0.15, 0.2) is 11.5 Å². The SMILES string of the molecule is COc1cc2c(cc1OC)C(c1ccc(N3CCC3)cc1)=NC(C)[C@@H](C)C2. The van der Waals surface area contributed by atoms with Crippen molar-refractivity contribution in [3.05, 3.63) is 53.1 Å². The van der Waals surface area contributed by atoms with Crippen LogP contribution < -0.4 is 14.4 Å². The molecule has 2 aliphatic heterocycles. The highest BCUT2D eigenvalue weighted by Gasteiger charge is 2.25. The Morgan fingerprint density at radius 3 is 2.22 bits per heavy atom. The van der Waals surface area contributed by atoms with E-state index < -0.39 is 0 Å². The Balaban J connectivity index is 1.80. The molecular weight excluding hydrogens is 336 g/mol. The molecule has 27 heavy (non-hydrogen) atoms. The topological polar surface area (TPSA) is 34.1 Å². The summed E-state index contributed by atoms with van der Waals surface area (Å²) in [7, 11) is 3.38. The largest absolute Gasteiger partial charge is 0.493 e. The zero-order valence-corrected chi connectivity index (χ0v) is 16.7. The average molecular weight is 364 g/mol. The first-order valence-electron chi connectivity index (χ1n) is 9.79. The molecule has 0 saturated carbocycles. The van der Waals surface area contributed by atoms with Crippen LogP contribution in [0.5, 0.6) is 11.5 Å². The smallest absolute Gasteiger partial charge is 0.161 e. The maximum atomic E-state index is 5.57. The van der Waals surface area contributed by atoms with Crippen molar-refractivity contribution in [2.45, 2.75) is 32.7 Å². The second-order valence-corrected chi connectivity index (χ2v) is 7.65. The van der Waals surface area contributed by atoms with E-state index in [0.29, 0.717) is 5.92 Å². The van der Waals surface area contributed by atoms with Crippen LogP contribution in [-0.2, 0) is 6.42 Å². The Morgan fingerprint density at radius 1 is 0.963 bits per heavy atom. The van der Waals surface area contributed by atoms with Gasteiger partial charge in [0.2, 0.25) is 0 Å². The minimum absolute atomic E-state index is 0.263. The normalized spacial score (nSPS) is 21.6. The van der Waals surface area contributed by atoms with Gasteiger partial charge in [-0.05, 0) is 55.5 Å². The van der Waals surface area contributed by atoms with E-state index in [0.717, 1.165) is 47.8 Å². The van der Waals surface area contributed by atoms with E-state index in [9.17, 15) is 0 Å². The van der Waals surface area contributed by atoms with Gasteiger partial charge < -0.3 is 14.4 Å². The molecule has 2 aromatic carbocycles. The molecule has 1 saturated heterocycles. The number of methoxy groups -OCH3 is 2. The fourth-order valence-electron chi connectivity index (χ4n) is 3.86. The number of rotatable bonds is 4. The molecule has 0 N–H and O–H groups in total. The number of fused-ring (bicyclic) bond motifs is 1. The third-order valence-electron chi connectivity index (χ3n) is 5.92. The van der Waals surface area contributed by atoms with E-state index >= 15 is 0 Å². The Kier molecular flexibility index (Phi) is 4.81. The van der Waals surface area contributed by atoms with Gasteiger partial charge in [-0.25, -0.2) is 0 Å². The molecule has 2 aromatic rings. The highest BCUT2D eigenvalue weighted by molar-refractivity contribution is 6.14. The van der Waals surface area contributed by atoms with Crippen LogP contribution in [0.2, 0.25) is 0 Å². The van der Waals surface area contributed by atoms with E-state index in [1.54, 1.807) is 14.2 Å². The zero-order valence-electron chi connectivity index (χ0n) is 16.7. The molecule has 0 radical (unpaired) electrons. The number of benzene rings is 2. The number of ether oxygens (including phenoxy) is 2. The average Bonchev–Trinajstić information content (AvgIpc) is 2.76. The van der Waals surface area contributed by atoms with Crippen molar-refractivity contribution in [1.82, 2.24) is 0 Å². The highest BCUT2D eigenvalue weighted by atomic mass is 16.5. The Morgan fingerprint density at radius 2 is 1.63 bits per heavy atom. The van der Waals surface area contributed by atoms with Crippen LogP contribution >= 0.6 is 0 Å². The predicted molar refractivity (Wildman–Crippen MR) is 111 cm³/mol. The molecule has 2 atom stereocenters. The number of aliphatic imine (C=N–C) groups is 1. The van der Waals surface area contributed by atoms with Gasteiger partial charge in [-0.2, -0.15) is 0 Å². The fraction of sp³-hybridized carbons (Fsp3) is 0.435. The lowest BCUT2D eigenvalue weighted by atomic mass is 9.91. The molecule has 4 heteroatoms. The lowest BCUT2D eigenvalue weighted by Gasteiger charge is -2.33. The molecule has 0 bridgehead atoms. The number of hydrogen-bond donors (Lipinski definition) is 0. The van der Waals surface area contributed by atoms with E-state index in [1.165, 1.54) is 17.7 Å². The molecule has 142 valence electrons. The molecule has 4 nitrogen and oxygen atoms in total. The van der Waals surface area contributed by atoms with Gasteiger partial charge in [0.05, 0.1) is 26.0 Å². The van der Waals surface area contributed by atoms with Crippen LogP contribution in [0.3, 0.4) is 0 Å². The summed E-state index contributed by atoms with van der Waals surface area (Å²) in [5, 5.41) is 0. The van der Waals surface area contributed by atoms with E-state index in [4.69, 9.17) is 14.5 Å². The number of hydrogen-bond acceptors (Lipinski definition) is 4. The standard InChI is InChI=1S/C23H28N2O2/c1-15-12-18-13-21(26-3)22(27-4)14-20(18)23(24-16(15)2)17-6-8-19(9-7-17)25-10-5-11-25/h6-9,13-16H,5,10-12H2,1-4H3/t15-,16?/m0/s1. The summed E-state index contributed by atoms with van der Waals surface area (Å²) in [6, 6.07) is 13.3. The molecule has 1 fully saturated rings. The first-order chi connectivity index (χ1) is 13.1.